The number of likely N-dealkylation sites (tertiary alicyclic amines) is 1. The predicted octanol–water partition coefficient (Wildman–Crippen LogP) is 3.58. The molecule has 0 bridgehead atoms. The minimum atomic E-state index is -4.09. The van der Waals surface area contributed by atoms with Crippen LogP contribution in [0.4, 0.5) is 10.5 Å². The number of nitrogens with zero attached hydrogens (tertiary/aromatic N) is 3. The van der Waals surface area contributed by atoms with Crippen molar-refractivity contribution in [2.45, 2.75) is 69.9 Å². The zero-order valence-electron chi connectivity index (χ0n) is 20.1. The van der Waals surface area contributed by atoms with E-state index in [2.05, 4.69) is 47.0 Å². The summed E-state index contributed by atoms with van der Waals surface area (Å²) in [6, 6.07) is 3.06. The second-order valence-corrected chi connectivity index (χ2v) is 11.7. The molecule has 2 aliphatic carbocycles. The second-order valence-electron chi connectivity index (χ2n) is 10.1. The SMILES string of the molecule is CC(C)=C1CC(n2ccc(S(=O)(=O)NC(=O)Nc3c4c(cc5c3CCC5)CCC4)n2)CN(C)C1. The average molecular weight is 484 g/mol. The van der Waals surface area contributed by atoms with Crippen molar-refractivity contribution in [2.24, 2.45) is 0 Å². The van der Waals surface area contributed by atoms with Crippen molar-refractivity contribution in [3.05, 3.63) is 51.7 Å². The molecule has 2 heterocycles. The minimum Gasteiger partial charge on any atom is -0.307 e. The fourth-order valence-corrected chi connectivity index (χ4v) is 6.49. The zero-order valence-corrected chi connectivity index (χ0v) is 21.0. The molecule has 1 unspecified atom stereocenters. The summed E-state index contributed by atoms with van der Waals surface area (Å²) in [6.07, 6.45) is 8.52. The van der Waals surface area contributed by atoms with Crippen LogP contribution in [0.15, 0.2) is 34.5 Å². The number of sulfonamides is 1. The third kappa shape index (κ3) is 4.38. The van der Waals surface area contributed by atoms with E-state index in [1.54, 1.807) is 10.9 Å². The highest BCUT2D eigenvalue weighted by Crippen LogP contribution is 2.38. The largest absolute Gasteiger partial charge is 0.333 e. The molecule has 2 amide bonds. The Hall–Kier alpha value is -2.65. The molecule has 1 aromatic heterocycles. The molecule has 3 aliphatic rings. The van der Waals surface area contributed by atoms with Gasteiger partial charge in [-0.1, -0.05) is 17.2 Å². The molecule has 2 N–H and O–H groups in total. The summed E-state index contributed by atoms with van der Waals surface area (Å²) < 4.78 is 29.8. The summed E-state index contributed by atoms with van der Waals surface area (Å²) in [6.45, 7) is 5.91. The van der Waals surface area contributed by atoms with Gasteiger partial charge in [-0.05, 0) is 94.2 Å². The molecule has 1 aromatic carbocycles. The van der Waals surface area contributed by atoms with E-state index in [1.807, 2.05) is 0 Å². The quantitative estimate of drug-likeness (QED) is 0.648. The van der Waals surface area contributed by atoms with Crippen molar-refractivity contribution < 1.29 is 13.2 Å². The number of nitrogens with one attached hydrogen (secondary N) is 2. The van der Waals surface area contributed by atoms with Gasteiger partial charge in [-0.15, -0.1) is 0 Å². The number of aromatic nitrogens is 2. The Labute approximate surface area is 201 Å². The number of benzene rings is 1. The smallest absolute Gasteiger partial charge is 0.307 e. The number of piperidine rings is 1. The van der Waals surface area contributed by atoms with Crippen molar-refractivity contribution in [3.8, 4) is 0 Å². The van der Waals surface area contributed by atoms with Crippen LogP contribution in [0.1, 0.15) is 61.4 Å². The van der Waals surface area contributed by atoms with E-state index in [4.69, 9.17) is 0 Å². The molecule has 1 aliphatic heterocycles. The van der Waals surface area contributed by atoms with E-state index in [-0.39, 0.29) is 11.1 Å². The summed E-state index contributed by atoms with van der Waals surface area (Å²) in [7, 11) is -2.03. The number of anilines is 1. The summed E-state index contributed by atoms with van der Waals surface area (Å²) >= 11 is 0. The average Bonchev–Trinajstić information content (AvgIpc) is 3.53. The summed E-state index contributed by atoms with van der Waals surface area (Å²) in [5, 5.41) is 7.09. The van der Waals surface area contributed by atoms with E-state index in [1.165, 1.54) is 28.3 Å². The number of hydrogen-bond donors (Lipinski definition) is 2. The van der Waals surface area contributed by atoms with Gasteiger partial charge in [0.05, 0.1) is 6.04 Å². The summed E-state index contributed by atoms with van der Waals surface area (Å²) in [4.78, 5) is 15.0. The predicted molar refractivity (Wildman–Crippen MR) is 132 cm³/mol. The molecule has 1 fully saturated rings. The molecule has 0 spiro atoms. The number of fused-ring (bicyclic) bond motifs is 2. The number of allylic oxidation sites excluding steroid dienone is 1. The summed E-state index contributed by atoms with van der Waals surface area (Å²) in [5.41, 5.74) is 8.34. The Bertz CT molecular complexity index is 1240. The molecule has 8 nitrogen and oxygen atoms in total. The van der Waals surface area contributed by atoms with E-state index >= 15 is 0 Å². The third-order valence-corrected chi connectivity index (χ3v) is 8.57. The molecular formula is C25H33N5O3S. The molecular weight excluding hydrogens is 450 g/mol. The monoisotopic (exact) mass is 483 g/mol. The van der Waals surface area contributed by atoms with Crippen LogP contribution >= 0.6 is 0 Å². The van der Waals surface area contributed by atoms with Gasteiger partial charge < -0.3 is 10.2 Å². The molecule has 34 heavy (non-hydrogen) atoms. The number of urea groups is 1. The van der Waals surface area contributed by atoms with Crippen LogP contribution in [0, 0.1) is 0 Å². The highest BCUT2D eigenvalue weighted by molar-refractivity contribution is 7.90. The van der Waals surface area contributed by atoms with Gasteiger partial charge in [-0.2, -0.15) is 13.5 Å². The maximum atomic E-state index is 13.0. The molecule has 1 atom stereocenters. The van der Waals surface area contributed by atoms with Crippen LogP contribution in [-0.2, 0) is 35.7 Å². The van der Waals surface area contributed by atoms with Crippen molar-refractivity contribution in [1.82, 2.24) is 19.4 Å². The molecule has 5 rings (SSSR count). The van der Waals surface area contributed by atoms with Gasteiger partial charge >= 0.3 is 6.03 Å². The minimum absolute atomic E-state index is 0.0518. The molecule has 1 saturated heterocycles. The first-order valence-corrected chi connectivity index (χ1v) is 13.6. The van der Waals surface area contributed by atoms with Gasteiger partial charge in [0.25, 0.3) is 10.0 Å². The van der Waals surface area contributed by atoms with Crippen LogP contribution in [0.2, 0.25) is 0 Å². The molecule has 0 radical (unpaired) electrons. The van der Waals surface area contributed by atoms with Crippen molar-refractivity contribution in [2.75, 3.05) is 25.5 Å². The standard InChI is InChI=1S/C25H33N5O3S/c1-16(2)19-13-20(15-29(3)14-19)30-11-10-23(27-30)34(32,33)28-25(31)26-24-21-8-4-6-17(21)12-18-7-5-9-22(18)24/h10-12,20H,4-9,13-15H2,1-3H3,(H2,26,28,31). The maximum absolute atomic E-state index is 13.0. The van der Waals surface area contributed by atoms with Crippen LogP contribution < -0.4 is 10.0 Å². The first-order chi connectivity index (χ1) is 16.2. The molecule has 2 aromatic rings. The number of carbonyl (C=O) groups excluding carboxylic acids is 1. The lowest BCUT2D eigenvalue weighted by Crippen LogP contribution is -2.36. The van der Waals surface area contributed by atoms with E-state index in [0.29, 0.717) is 0 Å². The van der Waals surface area contributed by atoms with Crippen LogP contribution in [0.5, 0.6) is 0 Å². The van der Waals surface area contributed by atoms with Gasteiger partial charge in [0.15, 0.2) is 5.03 Å². The van der Waals surface area contributed by atoms with Gasteiger partial charge in [-0.25, -0.2) is 9.52 Å². The van der Waals surface area contributed by atoms with E-state index in [0.717, 1.165) is 74.8 Å². The Kier molecular flexibility index (Phi) is 6.02. The third-order valence-electron chi connectivity index (χ3n) is 7.34. The summed E-state index contributed by atoms with van der Waals surface area (Å²) in [5.74, 6) is 0. The Morgan fingerprint density at radius 3 is 2.41 bits per heavy atom. The van der Waals surface area contributed by atoms with Gasteiger partial charge in [0, 0.05) is 25.0 Å². The number of hydrogen-bond acceptors (Lipinski definition) is 5. The van der Waals surface area contributed by atoms with Gasteiger partial charge in [-0.3, -0.25) is 4.68 Å². The number of likely N-dealkylation sites (N-methyl/N-ethyl adjacent to an activating group) is 1. The van der Waals surface area contributed by atoms with Crippen molar-refractivity contribution >= 4 is 21.7 Å². The topological polar surface area (TPSA) is 96.3 Å². The number of rotatable bonds is 4. The van der Waals surface area contributed by atoms with Crippen molar-refractivity contribution in [3.63, 3.8) is 0 Å². The Balaban J connectivity index is 1.32. The number of carbonyl (C=O) groups is 1. The van der Waals surface area contributed by atoms with Gasteiger partial charge in [0.2, 0.25) is 0 Å². The fourth-order valence-electron chi connectivity index (χ4n) is 5.65. The van der Waals surface area contributed by atoms with Crippen molar-refractivity contribution in [1.29, 1.82) is 0 Å². The van der Waals surface area contributed by atoms with E-state index < -0.39 is 16.1 Å². The maximum Gasteiger partial charge on any atom is 0.333 e. The number of amides is 2. The molecule has 182 valence electrons. The lowest BCUT2D eigenvalue weighted by molar-refractivity contribution is 0.239. The lowest BCUT2D eigenvalue weighted by atomic mass is 9.97. The first-order valence-electron chi connectivity index (χ1n) is 12.1. The normalized spacial score (nSPS) is 20.2. The second kappa shape index (κ2) is 8.85. The lowest BCUT2D eigenvalue weighted by Gasteiger charge is -2.32. The van der Waals surface area contributed by atoms with Gasteiger partial charge in [0.1, 0.15) is 0 Å². The Morgan fingerprint density at radius 2 is 1.76 bits per heavy atom. The van der Waals surface area contributed by atoms with Crippen LogP contribution in [-0.4, -0.2) is 49.3 Å². The van der Waals surface area contributed by atoms with Crippen LogP contribution in [0.25, 0.3) is 0 Å². The Morgan fingerprint density at radius 1 is 1.09 bits per heavy atom. The fraction of sp³-hybridized carbons (Fsp3) is 0.520. The number of aryl methyl sites for hydroxylation is 2. The molecule has 9 heteroatoms. The van der Waals surface area contributed by atoms with Crippen LogP contribution in [0.3, 0.4) is 0 Å². The first kappa shape index (κ1) is 23.1. The van der Waals surface area contributed by atoms with E-state index in [9.17, 15) is 13.2 Å². The zero-order chi connectivity index (χ0) is 24.0. The molecule has 0 saturated carbocycles. The highest BCUT2D eigenvalue weighted by Gasteiger charge is 2.28. The highest BCUT2D eigenvalue weighted by atomic mass is 32.2.